The zero-order chi connectivity index (χ0) is 15.8. The second-order valence-electron chi connectivity index (χ2n) is 4.72. The van der Waals surface area contributed by atoms with E-state index in [1.807, 2.05) is 0 Å². The van der Waals surface area contributed by atoms with Crippen molar-refractivity contribution in [3.8, 4) is 5.75 Å². The molecular weight excluding hydrogens is 360 g/mol. The van der Waals surface area contributed by atoms with Crippen LogP contribution < -0.4 is 4.52 Å². The van der Waals surface area contributed by atoms with Gasteiger partial charge in [-0.05, 0) is 25.5 Å². The first-order valence-corrected chi connectivity index (χ1v) is 9.25. The molecule has 0 radical (unpaired) electrons. The molecule has 0 aromatic heterocycles. The molecule has 21 heavy (non-hydrogen) atoms. The first-order valence-electron chi connectivity index (χ1n) is 5.90. The standard InChI is InChI=1S/C11H12Cl2NO5PS/c1-7-4-9(2-3-10(7)14(15)16)19-20(17,21)18-6-8-5-11(8,12)13/h2-4,8H,5-6H2,1H3,(H,17,21). The van der Waals surface area contributed by atoms with Crippen LogP contribution >= 0.6 is 29.9 Å². The average molecular weight is 372 g/mol. The molecule has 1 aliphatic carbocycles. The van der Waals surface area contributed by atoms with E-state index < -0.39 is 16.0 Å². The summed E-state index contributed by atoms with van der Waals surface area (Å²) in [6, 6.07) is 4.06. The van der Waals surface area contributed by atoms with Crippen LogP contribution in [0, 0.1) is 23.0 Å². The van der Waals surface area contributed by atoms with Gasteiger partial charge in [0.1, 0.15) is 10.1 Å². The fourth-order valence-electron chi connectivity index (χ4n) is 1.68. The van der Waals surface area contributed by atoms with E-state index in [4.69, 9.17) is 44.1 Å². The van der Waals surface area contributed by atoms with Crippen molar-refractivity contribution in [2.75, 3.05) is 6.61 Å². The van der Waals surface area contributed by atoms with E-state index in [0.717, 1.165) is 0 Å². The quantitative estimate of drug-likeness (QED) is 0.355. The third-order valence-electron chi connectivity index (χ3n) is 2.98. The molecule has 2 atom stereocenters. The highest BCUT2D eigenvalue weighted by Gasteiger charge is 2.52. The third kappa shape index (κ3) is 4.52. The lowest BCUT2D eigenvalue weighted by atomic mass is 10.2. The van der Waals surface area contributed by atoms with Gasteiger partial charge >= 0.3 is 6.72 Å². The maximum absolute atomic E-state index is 10.7. The van der Waals surface area contributed by atoms with E-state index in [2.05, 4.69) is 0 Å². The summed E-state index contributed by atoms with van der Waals surface area (Å²) >= 11 is 16.6. The molecule has 0 heterocycles. The highest BCUT2D eigenvalue weighted by molar-refractivity contribution is 8.07. The zero-order valence-electron chi connectivity index (χ0n) is 10.9. The molecule has 2 unspecified atom stereocenters. The maximum Gasteiger partial charge on any atom is 0.377 e. The summed E-state index contributed by atoms with van der Waals surface area (Å²) in [6.45, 7) is -1.83. The van der Waals surface area contributed by atoms with Crippen molar-refractivity contribution in [3.63, 3.8) is 0 Å². The first kappa shape index (κ1) is 16.9. The third-order valence-corrected chi connectivity index (χ3v) is 5.36. The van der Waals surface area contributed by atoms with Crippen LogP contribution in [-0.4, -0.2) is 20.8 Å². The van der Waals surface area contributed by atoms with Gasteiger partial charge < -0.3 is 9.42 Å². The Balaban J connectivity index is 1.98. The molecule has 0 aliphatic heterocycles. The molecular formula is C11H12Cl2NO5PS. The predicted octanol–water partition coefficient (Wildman–Crippen LogP) is 3.71. The summed E-state index contributed by atoms with van der Waals surface area (Å²) in [5.41, 5.74) is 0.358. The van der Waals surface area contributed by atoms with Crippen LogP contribution in [0.15, 0.2) is 18.2 Å². The summed E-state index contributed by atoms with van der Waals surface area (Å²) in [6.07, 6.45) is 0.572. The second-order valence-corrected chi connectivity index (χ2v) is 9.03. The molecule has 0 amide bonds. The predicted molar refractivity (Wildman–Crippen MR) is 83.5 cm³/mol. The number of aryl methyl sites for hydroxylation is 1. The van der Waals surface area contributed by atoms with Crippen LogP contribution in [0.25, 0.3) is 0 Å². The molecule has 10 heteroatoms. The molecule has 116 valence electrons. The van der Waals surface area contributed by atoms with Gasteiger partial charge in [-0.15, -0.1) is 23.2 Å². The van der Waals surface area contributed by atoms with Crippen LogP contribution in [0.5, 0.6) is 5.75 Å². The Labute approximate surface area is 136 Å². The lowest BCUT2D eigenvalue weighted by molar-refractivity contribution is -0.385. The largest absolute Gasteiger partial charge is 0.424 e. The number of rotatable bonds is 6. The van der Waals surface area contributed by atoms with Gasteiger partial charge in [0.15, 0.2) is 0 Å². The monoisotopic (exact) mass is 371 g/mol. The van der Waals surface area contributed by atoms with Crippen LogP contribution in [0.3, 0.4) is 0 Å². The first-order chi connectivity index (χ1) is 9.61. The molecule has 0 spiro atoms. The Morgan fingerprint density at radius 1 is 1.62 bits per heavy atom. The molecule has 6 nitrogen and oxygen atoms in total. The second kappa shape index (κ2) is 5.99. The topological polar surface area (TPSA) is 81.8 Å². The van der Waals surface area contributed by atoms with Gasteiger partial charge in [-0.1, -0.05) is 0 Å². The summed E-state index contributed by atoms with van der Waals surface area (Å²) in [5, 5.41) is 10.7. The number of hydrogen-bond donors (Lipinski definition) is 1. The summed E-state index contributed by atoms with van der Waals surface area (Å²) < 4.78 is 9.56. The van der Waals surface area contributed by atoms with Crippen molar-refractivity contribution in [2.24, 2.45) is 5.92 Å². The molecule has 1 saturated carbocycles. The number of nitro benzene ring substituents is 1. The lowest BCUT2D eigenvalue weighted by Crippen LogP contribution is -2.03. The van der Waals surface area contributed by atoms with Crippen molar-refractivity contribution in [3.05, 3.63) is 33.9 Å². The maximum atomic E-state index is 10.7. The smallest absolute Gasteiger partial charge is 0.377 e. The summed E-state index contributed by atoms with van der Waals surface area (Å²) in [7, 11) is 0. The van der Waals surface area contributed by atoms with E-state index in [1.165, 1.54) is 18.2 Å². The Bertz CT molecular complexity index is 627. The van der Waals surface area contributed by atoms with Crippen molar-refractivity contribution in [1.29, 1.82) is 0 Å². The number of halogens is 2. The van der Waals surface area contributed by atoms with Gasteiger partial charge in [0, 0.05) is 29.4 Å². The van der Waals surface area contributed by atoms with Crippen molar-refractivity contribution in [1.82, 2.24) is 0 Å². The molecule has 1 fully saturated rings. The normalized spacial score (nSPS) is 22.4. The van der Waals surface area contributed by atoms with Crippen molar-refractivity contribution < 1.29 is 18.9 Å². The Hall–Kier alpha value is -0.430. The SMILES string of the molecule is Cc1cc(OP(O)(=S)OCC2CC2(Cl)Cl)ccc1[N+](=O)[O-]. The lowest BCUT2D eigenvalue weighted by Gasteiger charge is -2.17. The Morgan fingerprint density at radius 3 is 2.71 bits per heavy atom. The Morgan fingerprint density at radius 2 is 2.24 bits per heavy atom. The molecule has 2 rings (SSSR count). The van der Waals surface area contributed by atoms with Crippen LogP contribution in [0.4, 0.5) is 5.69 Å². The minimum absolute atomic E-state index is 0.0402. The molecule has 1 aliphatic rings. The van der Waals surface area contributed by atoms with Crippen LogP contribution in [0.2, 0.25) is 0 Å². The van der Waals surface area contributed by atoms with E-state index in [9.17, 15) is 15.0 Å². The fraction of sp³-hybridized carbons (Fsp3) is 0.455. The summed E-state index contributed by atoms with van der Waals surface area (Å²) in [5.74, 6) is 0.125. The molecule has 0 bridgehead atoms. The van der Waals surface area contributed by atoms with E-state index in [1.54, 1.807) is 6.92 Å². The van der Waals surface area contributed by atoms with Crippen LogP contribution in [-0.2, 0) is 16.3 Å². The van der Waals surface area contributed by atoms with Gasteiger partial charge in [0.05, 0.1) is 11.5 Å². The molecule has 1 aromatic rings. The molecule has 1 N–H and O–H groups in total. The molecule has 0 saturated heterocycles. The van der Waals surface area contributed by atoms with E-state index in [0.29, 0.717) is 12.0 Å². The van der Waals surface area contributed by atoms with Crippen LogP contribution in [0.1, 0.15) is 12.0 Å². The number of benzene rings is 1. The van der Waals surface area contributed by atoms with E-state index in [-0.39, 0.29) is 24.0 Å². The number of hydrogen-bond acceptors (Lipinski definition) is 5. The number of alkyl halides is 2. The van der Waals surface area contributed by atoms with Crippen molar-refractivity contribution >= 4 is 47.4 Å². The highest BCUT2D eigenvalue weighted by atomic mass is 35.5. The van der Waals surface area contributed by atoms with Gasteiger partial charge in [0.2, 0.25) is 0 Å². The fourth-order valence-corrected chi connectivity index (χ4v) is 3.42. The Kier molecular flexibility index (Phi) is 4.83. The van der Waals surface area contributed by atoms with E-state index >= 15 is 0 Å². The van der Waals surface area contributed by atoms with Gasteiger partial charge in [-0.3, -0.25) is 14.6 Å². The minimum atomic E-state index is -3.50. The van der Waals surface area contributed by atoms with Crippen molar-refractivity contribution in [2.45, 2.75) is 17.7 Å². The highest BCUT2D eigenvalue weighted by Crippen LogP contribution is 2.55. The zero-order valence-corrected chi connectivity index (χ0v) is 14.1. The number of nitro groups is 1. The number of nitrogens with zero attached hydrogens (tertiary/aromatic N) is 1. The minimum Gasteiger partial charge on any atom is -0.424 e. The van der Waals surface area contributed by atoms with Gasteiger partial charge in [-0.25, -0.2) is 0 Å². The summed E-state index contributed by atoms with van der Waals surface area (Å²) in [4.78, 5) is 20.2. The van der Waals surface area contributed by atoms with Gasteiger partial charge in [-0.2, -0.15) is 0 Å². The molecule has 1 aromatic carbocycles. The average Bonchev–Trinajstić information content (AvgIpc) is 2.94. The van der Waals surface area contributed by atoms with Gasteiger partial charge in [0.25, 0.3) is 5.69 Å².